The summed E-state index contributed by atoms with van der Waals surface area (Å²) in [5.41, 5.74) is 0. The molecule has 3 N–H and O–H groups in total. The van der Waals surface area contributed by atoms with Gasteiger partial charge in [-0.1, -0.05) is 365 Å². The standard InChI is InChI=1S/C75H143NO5/c1-3-5-7-9-11-13-15-17-41-45-49-53-57-61-65-69-75(80)81-70-66-62-58-54-50-46-43-40-38-36-34-32-30-28-26-24-22-20-18-19-21-23-25-27-29-31-33-35-37-39-42-44-48-52-56-60-64-68-74(79)76-72(71-77)73(78)67-63-59-55-51-47-16-14-12-10-8-6-4-2/h11,13,17,41,63,67,72-73,77-78H,3-10,12,14-16,18-40,42-62,64-66,68-71H2,1-2H3,(H,76,79)/b13-11-,41-17-,67-63+. The monoisotopic (exact) mass is 1140 g/mol. The van der Waals surface area contributed by atoms with Gasteiger partial charge in [0.2, 0.25) is 5.91 Å². The molecule has 0 heterocycles. The second-order valence-corrected chi connectivity index (χ2v) is 25.3. The number of ether oxygens (including phenoxy) is 1. The van der Waals surface area contributed by atoms with Crippen molar-refractivity contribution in [3.8, 4) is 0 Å². The summed E-state index contributed by atoms with van der Waals surface area (Å²) in [5, 5.41) is 23.1. The SMILES string of the molecule is CCCCC/C=C\C/C=C\CCCCCCCC(=O)OCCCCCCCCCCCCCCCCCCCCCCCCCCCCCCCCCCCCCCCC(=O)NC(CO)C(O)/C=C/CCCCCCCCCCCC. The molecule has 0 rings (SSSR count). The van der Waals surface area contributed by atoms with E-state index in [9.17, 15) is 19.8 Å². The van der Waals surface area contributed by atoms with E-state index in [0.29, 0.717) is 19.4 Å². The van der Waals surface area contributed by atoms with E-state index in [4.69, 9.17) is 4.74 Å². The van der Waals surface area contributed by atoms with Crippen molar-refractivity contribution in [3.63, 3.8) is 0 Å². The van der Waals surface area contributed by atoms with Gasteiger partial charge in [-0.15, -0.1) is 0 Å². The number of esters is 1. The highest BCUT2D eigenvalue weighted by molar-refractivity contribution is 5.76. The molecule has 0 saturated carbocycles. The van der Waals surface area contributed by atoms with Crippen molar-refractivity contribution in [2.24, 2.45) is 0 Å². The number of hydrogen-bond donors (Lipinski definition) is 3. The third kappa shape index (κ3) is 67.1. The van der Waals surface area contributed by atoms with Crippen LogP contribution in [0.3, 0.4) is 0 Å². The summed E-state index contributed by atoms with van der Waals surface area (Å²) in [6.07, 6.45) is 91.2. The number of aliphatic hydroxyl groups is 2. The Labute approximate surface area is 506 Å². The minimum Gasteiger partial charge on any atom is -0.466 e. The quantitative estimate of drug-likeness (QED) is 0.0320. The highest BCUT2D eigenvalue weighted by Gasteiger charge is 2.18. The topological polar surface area (TPSA) is 95.9 Å². The molecule has 2 atom stereocenters. The molecule has 0 bridgehead atoms. The van der Waals surface area contributed by atoms with Crippen molar-refractivity contribution in [1.29, 1.82) is 0 Å². The summed E-state index contributed by atoms with van der Waals surface area (Å²) in [7, 11) is 0. The summed E-state index contributed by atoms with van der Waals surface area (Å²) in [5.74, 6) is -0.0519. The lowest BCUT2D eigenvalue weighted by atomic mass is 10.0. The third-order valence-corrected chi connectivity index (χ3v) is 17.2. The van der Waals surface area contributed by atoms with Gasteiger partial charge in [-0.2, -0.15) is 0 Å². The van der Waals surface area contributed by atoms with Crippen molar-refractivity contribution < 1.29 is 24.5 Å². The number of unbranched alkanes of at least 4 members (excludes halogenated alkanes) is 54. The van der Waals surface area contributed by atoms with Crippen LogP contribution in [0.5, 0.6) is 0 Å². The number of aliphatic hydroxyl groups excluding tert-OH is 2. The predicted molar refractivity (Wildman–Crippen MR) is 356 cm³/mol. The van der Waals surface area contributed by atoms with E-state index >= 15 is 0 Å². The summed E-state index contributed by atoms with van der Waals surface area (Å²) < 4.78 is 5.49. The van der Waals surface area contributed by atoms with E-state index in [1.54, 1.807) is 6.08 Å². The minimum atomic E-state index is -0.839. The maximum Gasteiger partial charge on any atom is 0.305 e. The van der Waals surface area contributed by atoms with Gasteiger partial charge in [0, 0.05) is 12.8 Å². The lowest BCUT2D eigenvalue weighted by Gasteiger charge is -2.20. The van der Waals surface area contributed by atoms with Crippen molar-refractivity contribution >= 4 is 11.9 Å². The van der Waals surface area contributed by atoms with Gasteiger partial charge in [0.05, 0.1) is 25.4 Å². The zero-order valence-electron chi connectivity index (χ0n) is 54.8. The van der Waals surface area contributed by atoms with Gasteiger partial charge in [-0.3, -0.25) is 9.59 Å². The lowest BCUT2D eigenvalue weighted by Crippen LogP contribution is -2.45. The Kier molecular flexibility index (Phi) is 68.9. The van der Waals surface area contributed by atoms with Crippen LogP contribution < -0.4 is 5.32 Å². The van der Waals surface area contributed by atoms with Gasteiger partial charge in [0.1, 0.15) is 0 Å². The van der Waals surface area contributed by atoms with Gasteiger partial charge in [0.15, 0.2) is 0 Å². The molecule has 6 heteroatoms. The Morgan fingerprint density at radius 1 is 0.346 bits per heavy atom. The molecule has 0 aromatic rings. The van der Waals surface area contributed by atoms with Crippen LogP contribution in [0.4, 0.5) is 0 Å². The number of rotatable bonds is 69. The average Bonchev–Trinajstić information content (AvgIpc) is 3.47. The van der Waals surface area contributed by atoms with Crippen LogP contribution in [0.1, 0.15) is 406 Å². The van der Waals surface area contributed by atoms with Gasteiger partial charge in [-0.25, -0.2) is 0 Å². The van der Waals surface area contributed by atoms with Crippen molar-refractivity contribution in [3.05, 3.63) is 36.5 Å². The Morgan fingerprint density at radius 3 is 0.963 bits per heavy atom. The van der Waals surface area contributed by atoms with E-state index in [-0.39, 0.29) is 18.5 Å². The minimum absolute atomic E-state index is 0.00939. The van der Waals surface area contributed by atoms with Gasteiger partial charge >= 0.3 is 5.97 Å². The summed E-state index contributed by atoms with van der Waals surface area (Å²) >= 11 is 0. The molecule has 81 heavy (non-hydrogen) atoms. The van der Waals surface area contributed by atoms with Crippen LogP contribution in [0.15, 0.2) is 36.5 Å². The lowest BCUT2D eigenvalue weighted by molar-refractivity contribution is -0.143. The van der Waals surface area contributed by atoms with E-state index in [2.05, 4.69) is 43.5 Å². The molecule has 0 fully saturated rings. The van der Waals surface area contributed by atoms with Crippen LogP contribution in [0, 0.1) is 0 Å². The molecule has 0 radical (unpaired) electrons. The first-order chi connectivity index (χ1) is 40.0. The second kappa shape index (κ2) is 70.6. The number of nitrogens with one attached hydrogen (secondary N) is 1. The fourth-order valence-electron chi connectivity index (χ4n) is 11.6. The molecular formula is C75H143NO5. The fraction of sp³-hybridized carbons (Fsp3) is 0.893. The van der Waals surface area contributed by atoms with Crippen LogP contribution in [-0.4, -0.2) is 47.4 Å². The Hall–Kier alpha value is -1.92. The molecule has 0 aliphatic rings. The molecule has 0 aromatic heterocycles. The summed E-state index contributed by atoms with van der Waals surface area (Å²) in [6, 6.07) is -0.622. The zero-order chi connectivity index (χ0) is 58.5. The molecule has 6 nitrogen and oxygen atoms in total. The van der Waals surface area contributed by atoms with Gasteiger partial charge < -0.3 is 20.3 Å². The third-order valence-electron chi connectivity index (χ3n) is 17.2. The highest BCUT2D eigenvalue weighted by Crippen LogP contribution is 2.19. The fourth-order valence-corrected chi connectivity index (χ4v) is 11.6. The maximum absolute atomic E-state index is 12.5. The molecule has 478 valence electrons. The summed E-state index contributed by atoms with van der Waals surface area (Å²) in [4.78, 5) is 24.5. The first-order valence-corrected chi connectivity index (χ1v) is 36.8. The highest BCUT2D eigenvalue weighted by atomic mass is 16.5. The van der Waals surface area contributed by atoms with Gasteiger partial charge in [0.25, 0.3) is 0 Å². The van der Waals surface area contributed by atoms with Crippen LogP contribution in [-0.2, 0) is 14.3 Å². The number of hydrogen-bond acceptors (Lipinski definition) is 5. The number of amides is 1. The molecule has 0 spiro atoms. The van der Waals surface area contributed by atoms with Crippen LogP contribution in [0.2, 0.25) is 0 Å². The number of carbonyl (C=O) groups is 2. The van der Waals surface area contributed by atoms with E-state index in [0.717, 1.165) is 51.4 Å². The van der Waals surface area contributed by atoms with E-state index in [1.807, 2.05) is 6.08 Å². The normalized spacial score (nSPS) is 12.7. The van der Waals surface area contributed by atoms with Gasteiger partial charge in [-0.05, 0) is 64.2 Å². The molecule has 0 saturated heterocycles. The Balaban J connectivity index is 3.30. The van der Waals surface area contributed by atoms with E-state index in [1.165, 1.54) is 327 Å². The molecule has 0 aliphatic carbocycles. The Morgan fingerprint density at radius 2 is 0.617 bits per heavy atom. The predicted octanol–water partition coefficient (Wildman–Crippen LogP) is 23.9. The number of allylic oxidation sites excluding steroid dienone is 5. The molecule has 0 aromatic carbocycles. The molecule has 2 unspecified atom stereocenters. The summed E-state index contributed by atoms with van der Waals surface area (Å²) in [6.45, 7) is 4.89. The van der Waals surface area contributed by atoms with Crippen molar-refractivity contribution in [2.45, 2.75) is 418 Å². The molecule has 0 aliphatic heterocycles. The van der Waals surface area contributed by atoms with E-state index < -0.39 is 12.1 Å². The molecule has 1 amide bonds. The average molecular weight is 1140 g/mol. The Bertz CT molecular complexity index is 1310. The molecular weight excluding hydrogens is 995 g/mol. The first-order valence-electron chi connectivity index (χ1n) is 36.8. The largest absolute Gasteiger partial charge is 0.466 e. The zero-order valence-corrected chi connectivity index (χ0v) is 54.8. The number of carbonyl (C=O) groups excluding carboxylic acids is 2. The first kappa shape index (κ1) is 79.1. The van der Waals surface area contributed by atoms with Crippen molar-refractivity contribution in [2.75, 3.05) is 13.2 Å². The van der Waals surface area contributed by atoms with Crippen molar-refractivity contribution in [1.82, 2.24) is 5.32 Å². The van der Waals surface area contributed by atoms with Crippen LogP contribution in [0.25, 0.3) is 0 Å². The second-order valence-electron chi connectivity index (χ2n) is 25.3. The van der Waals surface area contributed by atoms with Crippen LogP contribution >= 0.6 is 0 Å². The smallest absolute Gasteiger partial charge is 0.305 e. The maximum atomic E-state index is 12.5.